The Morgan fingerprint density at radius 3 is 2.00 bits per heavy atom. The minimum absolute atomic E-state index is 0.00350. The molecule has 0 aliphatic heterocycles. The summed E-state index contributed by atoms with van der Waals surface area (Å²) in [6.45, 7) is 0. The van der Waals surface area contributed by atoms with Crippen LogP contribution in [0.15, 0.2) is 102 Å². The minimum Gasteiger partial charge on any atom is -0.273 e. The van der Waals surface area contributed by atoms with Gasteiger partial charge >= 0.3 is 0 Å². The molecule has 0 radical (unpaired) electrons. The molecule has 0 aromatic heterocycles. The Balaban J connectivity index is 1.38. The van der Waals surface area contributed by atoms with Crippen LogP contribution in [0.2, 0.25) is 0 Å². The van der Waals surface area contributed by atoms with Crippen LogP contribution >= 0.6 is 0 Å². The van der Waals surface area contributed by atoms with Gasteiger partial charge in [-0.1, -0.05) is 97.1 Å². The van der Waals surface area contributed by atoms with Gasteiger partial charge < -0.3 is 0 Å². The van der Waals surface area contributed by atoms with Crippen LogP contribution in [0.25, 0.3) is 6.08 Å². The summed E-state index contributed by atoms with van der Waals surface area (Å²) in [6, 6.07) is 30.9. The van der Waals surface area contributed by atoms with E-state index in [2.05, 4.69) is 59.1 Å². The van der Waals surface area contributed by atoms with E-state index in [-0.39, 0.29) is 17.7 Å². The molecule has 1 saturated carbocycles. The first-order valence-corrected chi connectivity index (χ1v) is 9.97. The molecule has 0 spiro atoms. The van der Waals surface area contributed by atoms with E-state index < -0.39 is 0 Å². The number of hydrazone groups is 1. The van der Waals surface area contributed by atoms with Crippen molar-refractivity contribution in [2.75, 3.05) is 0 Å². The number of nitrogens with zero attached hydrogens (tertiary/aromatic N) is 1. The monoisotopic (exact) mass is 380 g/mol. The zero-order chi connectivity index (χ0) is 19.9. The molecule has 3 aromatic rings. The SMILES string of the molecule is O=C(NN=C/C=C\c1ccccc1)[C@@H]1C[C@@H]1C(c1ccccc1)c1ccccc1. The molecular formula is C26H24N2O. The van der Waals surface area contributed by atoms with Crippen molar-refractivity contribution in [1.82, 2.24) is 5.43 Å². The lowest BCUT2D eigenvalue weighted by molar-refractivity contribution is -0.122. The first-order valence-electron chi connectivity index (χ1n) is 9.97. The normalized spacial score (nSPS) is 18.4. The fraction of sp³-hybridized carbons (Fsp3) is 0.154. The molecule has 1 aliphatic rings. The third kappa shape index (κ3) is 4.88. The average Bonchev–Trinajstić information content (AvgIpc) is 3.56. The Morgan fingerprint density at radius 1 is 0.862 bits per heavy atom. The van der Waals surface area contributed by atoms with Crippen molar-refractivity contribution in [2.45, 2.75) is 12.3 Å². The fourth-order valence-electron chi connectivity index (χ4n) is 3.84. The Hall–Kier alpha value is -3.46. The smallest absolute Gasteiger partial charge is 0.243 e. The van der Waals surface area contributed by atoms with Crippen molar-refractivity contribution in [3.8, 4) is 0 Å². The van der Waals surface area contributed by atoms with Gasteiger partial charge in [-0.3, -0.25) is 4.79 Å². The average molecular weight is 380 g/mol. The molecule has 1 aliphatic carbocycles. The zero-order valence-electron chi connectivity index (χ0n) is 16.2. The van der Waals surface area contributed by atoms with Gasteiger partial charge in [-0.2, -0.15) is 5.10 Å². The minimum atomic E-state index is -0.00401. The van der Waals surface area contributed by atoms with Crippen LogP contribution in [0.3, 0.4) is 0 Å². The van der Waals surface area contributed by atoms with Crippen molar-refractivity contribution in [3.63, 3.8) is 0 Å². The maximum absolute atomic E-state index is 12.6. The highest BCUT2D eigenvalue weighted by molar-refractivity contribution is 5.84. The van der Waals surface area contributed by atoms with Crippen LogP contribution in [0.1, 0.15) is 29.0 Å². The molecule has 2 atom stereocenters. The third-order valence-electron chi connectivity index (χ3n) is 5.35. The summed E-state index contributed by atoms with van der Waals surface area (Å²) in [5.74, 6) is 0.525. The highest BCUT2D eigenvalue weighted by Gasteiger charge is 2.48. The standard InChI is InChI=1S/C26H24N2O/c29-26(28-27-18-10-13-20-11-4-1-5-12-20)24-19-23(24)25(21-14-6-2-7-15-21)22-16-8-3-9-17-22/h1-18,23-25H,19H2,(H,28,29)/b13-10-,27-18?/t23-,24+/m0/s1. The van der Waals surface area contributed by atoms with Gasteiger partial charge in [-0.05, 0) is 35.1 Å². The lowest BCUT2D eigenvalue weighted by Crippen LogP contribution is -2.21. The van der Waals surface area contributed by atoms with Crippen molar-refractivity contribution in [3.05, 3.63) is 114 Å². The highest BCUT2D eigenvalue weighted by Crippen LogP contribution is 2.51. The zero-order valence-corrected chi connectivity index (χ0v) is 16.2. The molecule has 0 saturated heterocycles. The van der Waals surface area contributed by atoms with Crippen molar-refractivity contribution in [1.29, 1.82) is 0 Å². The van der Waals surface area contributed by atoms with Crippen LogP contribution in [0, 0.1) is 11.8 Å². The Bertz CT molecular complexity index is 941. The molecule has 4 rings (SSSR count). The summed E-state index contributed by atoms with van der Waals surface area (Å²) >= 11 is 0. The molecule has 0 heterocycles. The topological polar surface area (TPSA) is 41.5 Å². The van der Waals surface area contributed by atoms with Crippen molar-refractivity contribution >= 4 is 18.2 Å². The number of hydrogen-bond donors (Lipinski definition) is 1. The van der Waals surface area contributed by atoms with E-state index in [1.165, 1.54) is 11.1 Å². The van der Waals surface area contributed by atoms with E-state index in [1.54, 1.807) is 6.21 Å². The van der Waals surface area contributed by atoms with E-state index in [0.717, 1.165) is 12.0 Å². The van der Waals surface area contributed by atoms with Gasteiger partial charge in [-0.15, -0.1) is 0 Å². The summed E-state index contributed by atoms with van der Waals surface area (Å²) in [7, 11) is 0. The first kappa shape index (κ1) is 18.9. The molecule has 29 heavy (non-hydrogen) atoms. The number of nitrogens with one attached hydrogen (secondary N) is 1. The van der Waals surface area contributed by atoms with Gasteiger partial charge in [0.1, 0.15) is 0 Å². The molecule has 3 aromatic carbocycles. The number of amides is 1. The molecule has 1 N–H and O–H groups in total. The van der Waals surface area contributed by atoms with E-state index in [1.807, 2.05) is 54.6 Å². The quantitative estimate of drug-likeness (QED) is 0.440. The number of allylic oxidation sites excluding steroid dienone is 1. The number of carbonyl (C=O) groups excluding carboxylic acids is 1. The van der Waals surface area contributed by atoms with E-state index >= 15 is 0 Å². The summed E-state index contributed by atoms with van der Waals surface area (Å²) < 4.78 is 0. The predicted molar refractivity (Wildman–Crippen MR) is 118 cm³/mol. The third-order valence-corrected chi connectivity index (χ3v) is 5.35. The maximum Gasteiger partial charge on any atom is 0.243 e. The number of hydrogen-bond acceptors (Lipinski definition) is 2. The van der Waals surface area contributed by atoms with Crippen LogP contribution in [0.4, 0.5) is 0 Å². The molecule has 144 valence electrons. The van der Waals surface area contributed by atoms with Crippen molar-refractivity contribution < 1.29 is 4.79 Å². The van der Waals surface area contributed by atoms with E-state index in [0.29, 0.717) is 5.92 Å². The second-order valence-electron chi connectivity index (χ2n) is 7.33. The molecular weight excluding hydrogens is 356 g/mol. The molecule has 3 heteroatoms. The van der Waals surface area contributed by atoms with Crippen LogP contribution in [-0.2, 0) is 4.79 Å². The van der Waals surface area contributed by atoms with Crippen LogP contribution in [0.5, 0.6) is 0 Å². The summed E-state index contributed by atoms with van der Waals surface area (Å²) in [4.78, 5) is 12.6. The van der Waals surface area contributed by atoms with Crippen molar-refractivity contribution in [2.24, 2.45) is 16.9 Å². The van der Waals surface area contributed by atoms with E-state index in [9.17, 15) is 4.79 Å². The Morgan fingerprint density at radius 2 is 1.41 bits per heavy atom. The predicted octanol–water partition coefficient (Wildman–Crippen LogP) is 5.27. The van der Waals surface area contributed by atoms with Crippen LogP contribution < -0.4 is 5.43 Å². The summed E-state index contributed by atoms with van der Waals surface area (Å²) in [5.41, 5.74) is 6.31. The van der Waals surface area contributed by atoms with Gasteiger partial charge in [0.05, 0.1) is 0 Å². The first-order chi connectivity index (χ1) is 14.3. The molecule has 0 bridgehead atoms. The summed E-state index contributed by atoms with van der Waals surface area (Å²) in [6.07, 6.45) is 6.29. The maximum atomic E-state index is 12.6. The molecule has 1 amide bonds. The number of rotatable bonds is 7. The summed E-state index contributed by atoms with van der Waals surface area (Å²) in [5, 5.41) is 4.08. The lowest BCUT2D eigenvalue weighted by atomic mass is 9.86. The van der Waals surface area contributed by atoms with Gasteiger partial charge in [-0.25, -0.2) is 5.43 Å². The Kier molecular flexibility index (Phi) is 5.96. The van der Waals surface area contributed by atoms with E-state index in [4.69, 9.17) is 0 Å². The lowest BCUT2D eigenvalue weighted by Gasteiger charge is -2.18. The number of carbonyl (C=O) groups is 1. The van der Waals surface area contributed by atoms with Gasteiger partial charge in [0.15, 0.2) is 0 Å². The molecule has 0 unspecified atom stereocenters. The number of benzene rings is 3. The van der Waals surface area contributed by atoms with Gasteiger partial charge in [0.25, 0.3) is 0 Å². The second kappa shape index (κ2) is 9.16. The van der Waals surface area contributed by atoms with Crippen LogP contribution in [-0.4, -0.2) is 12.1 Å². The fourth-order valence-corrected chi connectivity index (χ4v) is 3.84. The van der Waals surface area contributed by atoms with Gasteiger partial charge in [0, 0.05) is 18.1 Å². The Labute approximate surface area is 171 Å². The molecule has 3 nitrogen and oxygen atoms in total. The largest absolute Gasteiger partial charge is 0.273 e. The highest BCUT2D eigenvalue weighted by atomic mass is 16.2. The second-order valence-corrected chi connectivity index (χ2v) is 7.33. The van der Waals surface area contributed by atoms with Gasteiger partial charge in [0.2, 0.25) is 5.91 Å². The molecule has 1 fully saturated rings.